The van der Waals surface area contributed by atoms with Crippen LogP contribution in [0, 0.1) is 26.7 Å². The maximum atomic E-state index is 14.2. The van der Waals surface area contributed by atoms with Gasteiger partial charge in [-0.1, -0.05) is 86.6 Å². The summed E-state index contributed by atoms with van der Waals surface area (Å²) in [6, 6.07) is 22.0. The van der Waals surface area contributed by atoms with E-state index in [0.29, 0.717) is 18.7 Å². The maximum Gasteiger partial charge on any atom is 0.244 e. The largest absolute Gasteiger partial charge is 0.354 e. The van der Waals surface area contributed by atoms with Gasteiger partial charge in [0.05, 0.1) is 11.9 Å². The first-order valence-corrected chi connectivity index (χ1v) is 15.4. The molecule has 2 amide bonds. The summed E-state index contributed by atoms with van der Waals surface area (Å²) in [6.45, 7) is 9.86. The summed E-state index contributed by atoms with van der Waals surface area (Å²) in [7, 11) is -3.81. The van der Waals surface area contributed by atoms with Crippen LogP contribution in [-0.2, 0) is 32.6 Å². The summed E-state index contributed by atoms with van der Waals surface area (Å²) in [5, 5.41) is 3.01. The molecule has 7 nitrogen and oxygen atoms in total. The number of nitrogens with one attached hydrogen (secondary N) is 1. The lowest BCUT2D eigenvalue weighted by atomic mass is 10.0. The molecule has 8 heteroatoms. The third kappa shape index (κ3) is 8.18. The number of amides is 2. The fraction of sp³-hybridized carbons (Fsp3) is 0.375. The zero-order chi connectivity index (χ0) is 29.4. The highest BCUT2D eigenvalue weighted by Crippen LogP contribution is 2.27. The van der Waals surface area contributed by atoms with Gasteiger partial charge in [-0.05, 0) is 54.5 Å². The van der Waals surface area contributed by atoms with Crippen molar-refractivity contribution in [2.75, 3.05) is 23.7 Å². The lowest BCUT2D eigenvalue weighted by Gasteiger charge is -2.34. The van der Waals surface area contributed by atoms with Crippen LogP contribution in [0.1, 0.15) is 41.7 Å². The molecule has 1 N–H and O–H groups in total. The van der Waals surface area contributed by atoms with Crippen molar-refractivity contribution >= 4 is 27.5 Å². The molecule has 0 heterocycles. The highest BCUT2D eigenvalue weighted by Gasteiger charge is 2.33. The van der Waals surface area contributed by atoms with Gasteiger partial charge in [0.25, 0.3) is 0 Å². The summed E-state index contributed by atoms with van der Waals surface area (Å²) < 4.78 is 27.3. The summed E-state index contributed by atoms with van der Waals surface area (Å²) >= 11 is 0. The van der Waals surface area contributed by atoms with Crippen LogP contribution in [0.3, 0.4) is 0 Å². The summed E-state index contributed by atoms with van der Waals surface area (Å²) in [6.07, 6.45) is 1.40. The number of rotatable bonds is 12. The van der Waals surface area contributed by atoms with Crippen molar-refractivity contribution in [1.29, 1.82) is 0 Å². The zero-order valence-electron chi connectivity index (χ0n) is 24.3. The van der Waals surface area contributed by atoms with E-state index in [1.165, 1.54) is 4.90 Å². The average molecular weight is 564 g/mol. The lowest BCUT2D eigenvalue weighted by molar-refractivity contribution is -0.140. The Kier molecular flexibility index (Phi) is 10.5. The standard InChI is InChI=1S/C32H41N3O4S/c1-23(2)20-33-32(37)29(19-27-16-8-7-9-17-27)34(21-28-18-11-10-13-24(28)3)30(36)22-35(40(6,38)39)31-25(4)14-12-15-26(31)5/h7-18,23,29H,19-22H2,1-6H3,(H,33,37)/t29-/m1/s1. The van der Waals surface area contributed by atoms with Gasteiger partial charge in [-0.3, -0.25) is 13.9 Å². The molecular formula is C32H41N3O4S. The van der Waals surface area contributed by atoms with Crippen LogP contribution in [0.4, 0.5) is 5.69 Å². The second-order valence-electron chi connectivity index (χ2n) is 10.8. The van der Waals surface area contributed by atoms with Crippen LogP contribution in [0.25, 0.3) is 0 Å². The van der Waals surface area contributed by atoms with E-state index < -0.39 is 28.5 Å². The molecule has 0 bridgehead atoms. The van der Waals surface area contributed by atoms with Gasteiger partial charge in [0.15, 0.2) is 0 Å². The van der Waals surface area contributed by atoms with Crippen LogP contribution in [0.15, 0.2) is 72.8 Å². The molecule has 3 rings (SSSR count). The van der Waals surface area contributed by atoms with Crippen molar-refractivity contribution in [2.45, 2.75) is 53.6 Å². The minimum atomic E-state index is -3.81. The number of carbonyl (C=O) groups is 2. The molecule has 214 valence electrons. The van der Waals surface area contributed by atoms with Gasteiger partial charge in [-0.25, -0.2) is 8.42 Å². The fourth-order valence-electron chi connectivity index (χ4n) is 4.72. The molecule has 3 aromatic rings. The highest BCUT2D eigenvalue weighted by molar-refractivity contribution is 7.92. The van der Waals surface area contributed by atoms with Crippen molar-refractivity contribution in [1.82, 2.24) is 10.2 Å². The lowest BCUT2D eigenvalue weighted by Crippen LogP contribution is -2.53. The number of carbonyl (C=O) groups excluding carboxylic acids is 2. The van der Waals surface area contributed by atoms with Crippen LogP contribution >= 0.6 is 0 Å². The Morgan fingerprint density at radius 1 is 0.825 bits per heavy atom. The molecule has 0 aliphatic carbocycles. The molecule has 40 heavy (non-hydrogen) atoms. The van der Waals surface area contributed by atoms with Gasteiger partial charge in [-0.15, -0.1) is 0 Å². The van der Waals surface area contributed by atoms with Crippen LogP contribution in [0.2, 0.25) is 0 Å². The van der Waals surface area contributed by atoms with Gasteiger partial charge in [0.2, 0.25) is 21.8 Å². The van der Waals surface area contributed by atoms with Crippen LogP contribution in [0.5, 0.6) is 0 Å². The molecule has 3 aromatic carbocycles. The fourth-order valence-corrected chi connectivity index (χ4v) is 5.69. The Balaban J connectivity index is 2.09. The highest BCUT2D eigenvalue weighted by atomic mass is 32.2. The second kappa shape index (κ2) is 13.6. The van der Waals surface area contributed by atoms with Crippen molar-refractivity contribution in [2.24, 2.45) is 5.92 Å². The molecule has 0 aliphatic heterocycles. The monoisotopic (exact) mass is 563 g/mol. The number of benzene rings is 3. The molecule has 0 radical (unpaired) electrons. The summed E-state index contributed by atoms with van der Waals surface area (Å²) in [5.41, 5.74) is 4.76. The Bertz CT molecular complexity index is 1400. The van der Waals surface area contributed by atoms with E-state index in [1.54, 1.807) is 0 Å². The van der Waals surface area contributed by atoms with Crippen molar-refractivity contribution < 1.29 is 18.0 Å². The number of anilines is 1. The molecule has 0 aliphatic rings. The van der Waals surface area contributed by atoms with Gasteiger partial charge >= 0.3 is 0 Å². The molecule has 0 saturated heterocycles. The number of sulfonamides is 1. The third-order valence-corrected chi connectivity index (χ3v) is 8.04. The van der Waals surface area contributed by atoms with Crippen molar-refractivity contribution in [3.8, 4) is 0 Å². The smallest absolute Gasteiger partial charge is 0.244 e. The van der Waals surface area contributed by atoms with Crippen molar-refractivity contribution in [3.63, 3.8) is 0 Å². The molecular weight excluding hydrogens is 522 g/mol. The first-order chi connectivity index (χ1) is 18.9. The molecule has 0 saturated carbocycles. The second-order valence-corrected chi connectivity index (χ2v) is 12.7. The number of aryl methyl sites for hydroxylation is 3. The number of para-hydroxylation sites is 1. The number of nitrogens with zero attached hydrogens (tertiary/aromatic N) is 2. The Morgan fingerprint density at radius 2 is 1.40 bits per heavy atom. The first kappa shape index (κ1) is 30.9. The summed E-state index contributed by atoms with van der Waals surface area (Å²) in [4.78, 5) is 29.5. The average Bonchev–Trinajstić information content (AvgIpc) is 2.89. The minimum Gasteiger partial charge on any atom is -0.354 e. The SMILES string of the molecule is Cc1ccccc1CN(C(=O)CN(c1c(C)cccc1C)S(C)(=O)=O)[C@H](Cc1ccccc1)C(=O)NCC(C)C. The third-order valence-electron chi connectivity index (χ3n) is 6.93. The molecule has 0 spiro atoms. The van der Waals surface area contributed by atoms with Gasteiger partial charge < -0.3 is 10.2 Å². The Morgan fingerprint density at radius 3 is 1.98 bits per heavy atom. The summed E-state index contributed by atoms with van der Waals surface area (Å²) in [5.74, 6) is -0.485. The number of hydrogen-bond donors (Lipinski definition) is 1. The van der Waals surface area contributed by atoms with E-state index in [-0.39, 0.29) is 18.4 Å². The minimum absolute atomic E-state index is 0.169. The van der Waals surface area contributed by atoms with E-state index in [9.17, 15) is 18.0 Å². The zero-order valence-corrected chi connectivity index (χ0v) is 25.2. The predicted octanol–water partition coefficient (Wildman–Crippen LogP) is 4.79. The van der Waals surface area contributed by atoms with E-state index >= 15 is 0 Å². The Hall–Kier alpha value is -3.65. The molecule has 0 unspecified atom stereocenters. The normalized spacial score (nSPS) is 12.2. The van der Waals surface area contributed by atoms with E-state index in [0.717, 1.165) is 38.4 Å². The van der Waals surface area contributed by atoms with Crippen LogP contribution in [-0.4, -0.2) is 50.5 Å². The number of hydrogen-bond acceptors (Lipinski definition) is 4. The van der Waals surface area contributed by atoms with Crippen molar-refractivity contribution in [3.05, 3.63) is 101 Å². The molecule has 0 fully saturated rings. The van der Waals surface area contributed by atoms with E-state index in [2.05, 4.69) is 5.32 Å². The van der Waals surface area contributed by atoms with Gasteiger partial charge in [0, 0.05) is 19.5 Å². The maximum absolute atomic E-state index is 14.2. The molecule has 0 aromatic heterocycles. The van der Waals surface area contributed by atoms with E-state index in [1.807, 2.05) is 107 Å². The Labute approximate surface area is 239 Å². The molecule has 1 atom stereocenters. The topological polar surface area (TPSA) is 86.8 Å². The first-order valence-electron chi connectivity index (χ1n) is 13.6. The predicted molar refractivity (Wildman–Crippen MR) is 162 cm³/mol. The van der Waals surface area contributed by atoms with Gasteiger partial charge in [0.1, 0.15) is 12.6 Å². The quantitative estimate of drug-likeness (QED) is 0.343. The van der Waals surface area contributed by atoms with E-state index in [4.69, 9.17) is 0 Å². The van der Waals surface area contributed by atoms with Crippen LogP contribution < -0.4 is 9.62 Å². The van der Waals surface area contributed by atoms with Gasteiger partial charge in [-0.2, -0.15) is 0 Å².